The van der Waals surface area contributed by atoms with E-state index < -0.39 is 5.60 Å². The third-order valence-corrected chi connectivity index (χ3v) is 4.26. The van der Waals surface area contributed by atoms with Gasteiger partial charge in [-0.25, -0.2) is 0 Å². The van der Waals surface area contributed by atoms with Gasteiger partial charge in [-0.2, -0.15) is 0 Å². The summed E-state index contributed by atoms with van der Waals surface area (Å²) >= 11 is 0. The first-order chi connectivity index (χ1) is 8.60. The highest BCUT2D eigenvalue weighted by atomic mass is 16.3. The first kappa shape index (κ1) is 16.0. The lowest BCUT2D eigenvalue weighted by atomic mass is 9.91. The van der Waals surface area contributed by atoms with Crippen LogP contribution in [-0.4, -0.2) is 21.9 Å². The molecule has 2 N–H and O–H groups in total. The maximum absolute atomic E-state index is 10.2. The molecular formula is C16H32O2. The molecule has 108 valence electrons. The monoisotopic (exact) mass is 256 g/mol. The van der Waals surface area contributed by atoms with E-state index in [2.05, 4.69) is 0 Å². The Labute approximate surface area is 113 Å². The zero-order valence-corrected chi connectivity index (χ0v) is 12.2. The zero-order chi connectivity index (χ0) is 13.3. The van der Waals surface area contributed by atoms with Crippen molar-refractivity contribution in [2.45, 2.75) is 102 Å². The second kappa shape index (κ2) is 8.92. The summed E-state index contributed by atoms with van der Waals surface area (Å²) in [5.41, 5.74) is -0.514. The average molecular weight is 256 g/mol. The van der Waals surface area contributed by atoms with E-state index in [4.69, 9.17) is 0 Å². The van der Waals surface area contributed by atoms with Crippen molar-refractivity contribution in [2.24, 2.45) is 0 Å². The summed E-state index contributed by atoms with van der Waals surface area (Å²) in [7, 11) is 0. The molecule has 1 aliphatic carbocycles. The molecule has 2 atom stereocenters. The minimum Gasteiger partial charge on any atom is -0.393 e. The summed E-state index contributed by atoms with van der Waals surface area (Å²) in [6, 6.07) is 0. The molecule has 1 fully saturated rings. The SMILES string of the molecule is CC1(O)CCCCCCCCCCC(O)CCC1. The molecule has 2 heteroatoms. The Morgan fingerprint density at radius 3 is 1.83 bits per heavy atom. The van der Waals surface area contributed by atoms with Crippen LogP contribution in [0.15, 0.2) is 0 Å². The Hall–Kier alpha value is -0.0800. The van der Waals surface area contributed by atoms with Crippen LogP contribution in [0.5, 0.6) is 0 Å². The second-order valence-electron chi connectivity index (χ2n) is 6.41. The Kier molecular flexibility index (Phi) is 7.92. The van der Waals surface area contributed by atoms with Gasteiger partial charge in [0.25, 0.3) is 0 Å². The summed E-state index contributed by atoms with van der Waals surface area (Å²) in [5.74, 6) is 0. The summed E-state index contributed by atoms with van der Waals surface area (Å²) in [4.78, 5) is 0. The molecule has 0 aromatic heterocycles. The zero-order valence-electron chi connectivity index (χ0n) is 12.2. The van der Waals surface area contributed by atoms with E-state index in [0.29, 0.717) is 0 Å². The summed E-state index contributed by atoms with van der Waals surface area (Å²) < 4.78 is 0. The third-order valence-electron chi connectivity index (χ3n) is 4.26. The number of hydrogen-bond donors (Lipinski definition) is 2. The largest absolute Gasteiger partial charge is 0.393 e. The van der Waals surface area contributed by atoms with Crippen molar-refractivity contribution in [1.29, 1.82) is 0 Å². The third kappa shape index (κ3) is 8.10. The van der Waals surface area contributed by atoms with E-state index in [1.165, 1.54) is 38.5 Å². The van der Waals surface area contributed by atoms with Crippen LogP contribution in [0, 0.1) is 0 Å². The summed E-state index contributed by atoms with van der Waals surface area (Å²) in [5, 5.41) is 20.1. The van der Waals surface area contributed by atoms with Gasteiger partial charge in [-0.15, -0.1) is 0 Å². The molecule has 0 aromatic carbocycles. The van der Waals surface area contributed by atoms with Gasteiger partial charge in [0.2, 0.25) is 0 Å². The summed E-state index contributed by atoms with van der Waals surface area (Å²) in [6.07, 6.45) is 14.5. The molecular weight excluding hydrogens is 224 g/mol. The van der Waals surface area contributed by atoms with Crippen LogP contribution >= 0.6 is 0 Å². The van der Waals surface area contributed by atoms with Gasteiger partial charge in [-0.05, 0) is 39.0 Å². The fourth-order valence-corrected chi connectivity index (χ4v) is 2.93. The minimum absolute atomic E-state index is 0.147. The van der Waals surface area contributed by atoms with Crippen LogP contribution < -0.4 is 0 Å². The Morgan fingerprint density at radius 2 is 1.17 bits per heavy atom. The number of aliphatic hydroxyl groups excluding tert-OH is 1. The van der Waals surface area contributed by atoms with Crippen molar-refractivity contribution >= 4 is 0 Å². The Morgan fingerprint density at radius 1 is 0.722 bits per heavy atom. The normalized spacial score (nSPS) is 34.5. The molecule has 0 aromatic rings. The minimum atomic E-state index is -0.514. The highest BCUT2D eigenvalue weighted by Crippen LogP contribution is 2.23. The topological polar surface area (TPSA) is 40.5 Å². The Bertz CT molecular complexity index is 201. The van der Waals surface area contributed by atoms with E-state index in [1.54, 1.807) is 0 Å². The lowest BCUT2D eigenvalue weighted by molar-refractivity contribution is 0.0323. The van der Waals surface area contributed by atoms with Gasteiger partial charge in [0, 0.05) is 0 Å². The van der Waals surface area contributed by atoms with Gasteiger partial charge < -0.3 is 10.2 Å². The van der Waals surface area contributed by atoms with E-state index in [0.717, 1.165) is 44.9 Å². The van der Waals surface area contributed by atoms with E-state index in [9.17, 15) is 10.2 Å². The average Bonchev–Trinajstić information content (AvgIpc) is 2.30. The molecule has 0 radical (unpaired) electrons. The maximum Gasteiger partial charge on any atom is 0.0619 e. The highest BCUT2D eigenvalue weighted by Gasteiger charge is 2.19. The van der Waals surface area contributed by atoms with Gasteiger partial charge in [0.1, 0.15) is 0 Å². The van der Waals surface area contributed by atoms with Crippen LogP contribution in [0.25, 0.3) is 0 Å². The molecule has 2 unspecified atom stereocenters. The lowest BCUT2D eigenvalue weighted by Gasteiger charge is -2.23. The Balaban J connectivity index is 2.31. The van der Waals surface area contributed by atoms with Crippen molar-refractivity contribution < 1.29 is 10.2 Å². The van der Waals surface area contributed by atoms with Crippen molar-refractivity contribution in [3.05, 3.63) is 0 Å². The summed E-state index contributed by atoms with van der Waals surface area (Å²) in [6.45, 7) is 1.96. The quantitative estimate of drug-likeness (QED) is 0.682. The van der Waals surface area contributed by atoms with Crippen molar-refractivity contribution in [3.8, 4) is 0 Å². The molecule has 0 aliphatic heterocycles. The van der Waals surface area contributed by atoms with Crippen LogP contribution in [-0.2, 0) is 0 Å². The van der Waals surface area contributed by atoms with Crippen LogP contribution in [0.2, 0.25) is 0 Å². The second-order valence-corrected chi connectivity index (χ2v) is 6.41. The lowest BCUT2D eigenvalue weighted by Crippen LogP contribution is -2.24. The smallest absolute Gasteiger partial charge is 0.0619 e. The molecule has 1 aliphatic rings. The van der Waals surface area contributed by atoms with Crippen molar-refractivity contribution in [3.63, 3.8) is 0 Å². The number of rotatable bonds is 0. The molecule has 2 nitrogen and oxygen atoms in total. The van der Waals surface area contributed by atoms with E-state index in [1.807, 2.05) is 6.92 Å². The molecule has 0 heterocycles. The molecule has 1 rings (SSSR count). The van der Waals surface area contributed by atoms with Crippen molar-refractivity contribution in [1.82, 2.24) is 0 Å². The van der Waals surface area contributed by atoms with Crippen LogP contribution in [0.3, 0.4) is 0 Å². The highest BCUT2D eigenvalue weighted by molar-refractivity contribution is 4.73. The standard InChI is InChI=1S/C16H32O2/c1-16(18)13-9-7-5-3-2-4-6-8-11-15(17)12-10-14-16/h15,17-18H,2-14H2,1H3. The molecule has 0 bridgehead atoms. The molecule has 18 heavy (non-hydrogen) atoms. The number of hydrogen-bond acceptors (Lipinski definition) is 2. The molecule has 0 spiro atoms. The van der Waals surface area contributed by atoms with Gasteiger partial charge in [0.05, 0.1) is 11.7 Å². The van der Waals surface area contributed by atoms with Gasteiger partial charge in [0.15, 0.2) is 0 Å². The predicted molar refractivity (Wildman–Crippen MR) is 76.7 cm³/mol. The van der Waals surface area contributed by atoms with E-state index in [-0.39, 0.29) is 6.10 Å². The molecule has 0 amide bonds. The van der Waals surface area contributed by atoms with Crippen LogP contribution in [0.4, 0.5) is 0 Å². The molecule has 1 saturated carbocycles. The molecule has 0 saturated heterocycles. The fraction of sp³-hybridized carbons (Fsp3) is 1.00. The van der Waals surface area contributed by atoms with Gasteiger partial charge in [-0.3, -0.25) is 0 Å². The first-order valence-corrected chi connectivity index (χ1v) is 8.01. The maximum atomic E-state index is 10.2. The van der Waals surface area contributed by atoms with Crippen LogP contribution in [0.1, 0.15) is 90.4 Å². The first-order valence-electron chi connectivity index (χ1n) is 8.01. The van der Waals surface area contributed by atoms with E-state index >= 15 is 0 Å². The number of aliphatic hydroxyl groups is 2. The van der Waals surface area contributed by atoms with Crippen molar-refractivity contribution in [2.75, 3.05) is 0 Å². The fourth-order valence-electron chi connectivity index (χ4n) is 2.93. The van der Waals surface area contributed by atoms with Gasteiger partial charge in [-0.1, -0.05) is 51.4 Å². The van der Waals surface area contributed by atoms with Gasteiger partial charge >= 0.3 is 0 Å². The predicted octanol–water partition coefficient (Wildman–Crippen LogP) is 4.18.